The van der Waals surface area contributed by atoms with Crippen LogP contribution in [0.5, 0.6) is 0 Å². The number of nitrogens with zero attached hydrogens (tertiary/aromatic N) is 4. The number of aliphatic hydroxyl groups excluding tert-OH is 1. The summed E-state index contributed by atoms with van der Waals surface area (Å²) in [5, 5.41) is 30.2. The highest BCUT2D eigenvalue weighted by Crippen LogP contribution is 2.28. The number of hydrogen-bond acceptors (Lipinski definition) is 6. The molecule has 7 heteroatoms. The van der Waals surface area contributed by atoms with Crippen LogP contribution in [0, 0.1) is 19.8 Å². The number of aliphatic hydroxyl groups is 1. The van der Waals surface area contributed by atoms with Gasteiger partial charge in [0.15, 0.2) is 11.7 Å². The van der Waals surface area contributed by atoms with Crippen molar-refractivity contribution in [1.82, 2.24) is 10.2 Å². The molecule has 7 nitrogen and oxygen atoms in total. The molecule has 2 heterocycles. The molecule has 4 N–H and O–H groups in total. The van der Waals surface area contributed by atoms with E-state index >= 15 is 0 Å². The zero-order chi connectivity index (χ0) is 15.6. The van der Waals surface area contributed by atoms with Crippen LogP contribution in [0.2, 0.25) is 0 Å². The van der Waals surface area contributed by atoms with Crippen molar-refractivity contribution >= 4 is 11.7 Å². The highest BCUT2D eigenvalue weighted by molar-refractivity contribution is 6.02. The smallest absolute Gasteiger partial charge is 0.174 e. The van der Waals surface area contributed by atoms with Gasteiger partial charge in [0.05, 0.1) is 17.4 Å². The Bertz CT molecular complexity index is 536. The van der Waals surface area contributed by atoms with Crippen LogP contribution in [-0.4, -0.2) is 45.5 Å². The minimum absolute atomic E-state index is 0.0538. The van der Waals surface area contributed by atoms with E-state index in [1.165, 1.54) is 0 Å². The van der Waals surface area contributed by atoms with Crippen molar-refractivity contribution < 1.29 is 10.3 Å². The number of piperidine rings is 1. The van der Waals surface area contributed by atoms with Crippen molar-refractivity contribution in [3.05, 3.63) is 16.8 Å². The summed E-state index contributed by atoms with van der Waals surface area (Å²) in [6, 6.07) is 0. The van der Waals surface area contributed by atoms with E-state index < -0.39 is 0 Å². The molecule has 116 valence electrons. The summed E-state index contributed by atoms with van der Waals surface area (Å²) >= 11 is 0. The predicted molar refractivity (Wildman–Crippen MR) is 80.6 cm³/mol. The van der Waals surface area contributed by atoms with Crippen LogP contribution < -0.4 is 10.6 Å². The van der Waals surface area contributed by atoms with Crippen LogP contribution in [-0.2, 0) is 0 Å². The minimum atomic E-state index is -0.290. The molecule has 0 amide bonds. The monoisotopic (exact) mass is 293 g/mol. The van der Waals surface area contributed by atoms with Crippen LogP contribution in [0.25, 0.3) is 0 Å². The molecule has 1 aliphatic heterocycles. The second-order valence-electron chi connectivity index (χ2n) is 5.66. The highest BCUT2D eigenvalue weighted by atomic mass is 16.4. The molecular weight excluding hydrogens is 270 g/mol. The quantitative estimate of drug-likeness (QED) is 0.329. The van der Waals surface area contributed by atoms with Gasteiger partial charge in [-0.2, -0.15) is 5.10 Å². The molecule has 0 bridgehead atoms. The first-order valence-corrected chi connectivity index (χ1v) is 7.20. The normalized spacial score (nSPS) is 18.9. The van der Waals surface area contributed by atoms with Crippen molar-refractivity contribution in [3.63, 3.8) is 0 Å². The van der Waals surface area contributed by atoms with E-state index in [0.29, 0.717) is 17.3 Å². The van der Waals surface area contributed by atoms with Gasteiger partial charge in [0.25, 0.3) is 0 Å². The maximum absolute atomic E-state index is 9.68. The van der Waals surface area contributed by atoms with E-state index in [4.69, 9.17) is 10.9 Å². The predicted octanol–water partition coefficient (Wildman–Crippen LogP) is 0.785. The lowest BCUT2D eigenvalue weighted by atomic mass is 9.92. The van der Waals surface area contributed by atoms with E-state index in [-0.39, 0.29) is 11.9 Å². The third kappa shape index (κ3) is 3.07. The molecule has 0 aliphatic carbocycles. The van der Waals surface area contributed by atoms with Crippen molar-refractivity contribution in [3.8, 4) is 0 Å². The summed E-state index contributed by atoms with van der Waals surface area (Å²) in [6.45, 7) is 7.12. The fourth-order valence-corrected chi connectivity index (χ4v) is 2.77. The van der Waals surface area contributed by atoms with Crippen LogP contribution in [0.1, 0.15) is 36.6 Å². The fraction of sp³-hybridized carbons (Fsp3) is 0.643. The number of rotatable bonds is 3. The first-order chi connectivity index (χ1) is 9.95. The van der Waals surface area contributed by atoms with E-state index in [0.717, 1.165) is 37.2 Å². The average Bonchev–Trinajstić information content (AvgIpc) is 2.49. The number of hydrogen-bond donors (Lipinski definition) is 3. The van der Waals surface area contributed by atoms with Gasteiger partial charge in [0, 0.05) is 13.1 Å². The van der Waals surface area contributed by atoms with Gasteiger partial charge in [0.2, 0.25) is 0 Å². The van der Waals surface area contributed by atoms with Crippen LogP contribution >= 0.6 is 0 Å². The number of aromatic nitrogens is 2. The van der Waals surface area contributed by atoms with E-state index in [1.54, 1.807) is 0 Å². The van der Waals surface area contributed by atoms with Gasteiger partial charge in [0.1, 0.15) is 0 Å². The maximum atomic E-state index is 9.68. The summed E-state index contributed by atoms with van der Waals surface area (Å²) in [6.07, 6.45) is 1.49. The Labute approximate surface area is 124 Å². The topological polar surface area (TPSA) is 108 Å². The zero-order valence-electron chi connectivity index (χ0n) is 12.7. The van der Waals surface area contributed by atoms with Crippen LogP contribution in [0.3, 0.4) is 0 Å². The number of amidine groups is 1. The molecule has 0 aromatic carbocycles. The Morgan fingerprint density at radius 2 is 1.95 bits per heavy atom. The lowest BCUT2D eigenvalue weighted by Crippen LogP contribution is -2.39. The molecule has 0 spiro atoms. The molecule has 1 aliphatic rings. The third-order valence-electron chi connectivity index (χ3n) is 4.32. The Balaban J connectivity index is 2.31. The summed E-state index contributed by atoms with van der Waals surface area (Å²) < 4.78 is 0. The number of anilines is 1. The second-order valence-corrected chi connectivity index (χ2v) is 5.66. The molecule has 0 radical (unpaired) electrons. The average molecular weight is 293 g/mol. The molecule has 1 saturated heterocycles. The maximum Gasteiger partial charge on any atom is 0.174 e. The lowest BCUT2D eigenvalue weighted by Gasteiger charge is -2.34. The van der Waals surface area contributed by atoms with Crippen LogP contribution in [0.15, 0.2) is 5.16 Å². The van der Waals surface area contributed by atoms with Gasteiger partial charge in [-0.15, -0.1) is 5.10 Å². The SMILES string of the molecule is Cc1nnc(N2CCC(C(C)O)CC2)c(C(N)=NO)c1C. The first kappa shape index (κ1) is 15.5. The molecule has 1 aromatic heterocycles. The highest BCUT2D eigenvalue weighted by Gasteiger charge is 2.27. The minimum Gasteiger partial charge on any atom is -0.409 e. The molecule has 1 atom stereocenters. The molecule has 1 aromatic rings. The van der Waals surface area contributed by atoms with Crippen molar-refractivity contribution in [2.45, 2.75) is 39.7 Å². The summed E-state index contributed by atoms with van der Waals surface area (Å²) in [5.74, 6) is 1.02. The molecule has 2 rings (SSSR count). The van der Waals surface area contributed by atoms with Crippen molar-refractivity contribution in [2.75, 3.05) is 18.0 Å². The van der Waals surface area contributed by atoms with Gasteiger partial charge in [-0.05, 0) is 45.1 Å². The van der Waals surface area contributed by atoms with E-state index in [9.17, 15) is 5.11 Å². The van der Waals surface area contributed by atoms with Gasteiger partial charge in [-0.25, -0.2) is 0 Å². The van der Waals surface area contributed by atoms with Crippen molar-refractivity contribution in [2.24, 2.45) is 16.8 Å². The second kappa shape index (κ2) is 6.26. The molecule has 1 fully saturated rings. The third-order valence-corrected chi connectivity index (χ3v) is 4.32. The summed E-state index contributed by atoms with van der Waals surface area (Å²) in [7, 11) is 0. The molecule has 1 unspecified atom stereocenters. The fourth-order valence-electron chi connectivity index (χ4n) is 2.77. The largest absolute Gasteiger partial charge is 0.409 e. The summed E-state index contributed by atoms with van der Waals surface area (Å²) in [5.41, 5.74) is 8.08. The van der Waals surface area contributed by atoms with Gasteiger partial charge < -0.3 is 20.9 Å². The van der Waals surface area contributed by atoms with E-state index in [1.807, 2.05) is 20.8 Å². The van der Waals surface area contributed by atoms with Gasteiger partial charge >= 0.3 is 0 Å². The Kier molecular flexibility index (Phi) is 4.62. The standard InChI is InChI=1S/C14H23N5O2/c1-8-9(2)16-17-14(12(8)13(15)18-21)19-6-4-11(5-7-19)10(3)20/h10-11,20-21H,4-7H2,1-3H3,(H2,15,18). The molecule has 0 saturated carbocycles. The Hall–Kier alpha value is -1.89. The van der Waals surface area contributed by atoms with E-state index in [2.05, 4.69) is 20.3 Å². The lowest BCUT2D eigenvalue weighted by molar-refractivity contribution is 0.109. The molecular formula is C14H23N5O2. The number of aryl methyl sites for hydroxylation is 1. The van der Waals surface area contributed by atoms with Crippen molar-refractivity contribution in [1.29, 1.82) is 0 Å². The van der Waals surface area contributed by atoms with Gasteiger partial charge in [-0.3, -0.25) is 0 Å². The first-order valence-electron chi connectivity index (χ1n) is 7.20. The Morgan fingerprint density at radius 3 is 2.48 bits per heavy atom. The zero-order valence-corrected chi connectivity index (χ0v) is 12.7. The number of oxime groups is 1. The Morgan fingerprint density at radius 1 is 1.33 bits per heavy atom. The molecule has 21 heavy (non-hydrogen) atoms. The number of nitrogens with two attached hydrogens (primary N) is 1. The van der Waals surface area contributed by atoms with Gasteiger partial charge in [-0.1, -0.05) is 5.16 Å². The summed E-state index contributed by atoms with van der Waals surface area (Å²) in [4.78, 5) is 2.09. The van der Waals surface area contributed by atoms with Crippen LogP contribution in [0.4, 0.5) is 5.82 Å².